The SMILES string of the molecule is CCOC(=O)N1CCN(c2nc(C3CCCCC3)nc3ccc(OC)cc23)CC1. The van der Waals surface area contributed by atoms with Crippen molar-refractivity contribution in [2.75, 3.05) is 44.8 Å². The van der Waals surface area contributed by atoms with Crippen molar-refractivity contribution in [1.29, 1.82) is 0 Å². The van der Waals surface area contributed by atoms with Gasteiger partial charge in [-0.3, -0.25) is 0 Å². The lowest BCUT2D eigenvalue weighted by molar-refractivity contribution is 0.105. The van der Waals surface area contributed by atoms with Gasteiger partial charge in [0.1, 0.15) is 17.4 Å². The van der Waals surface area contributed by atoms with Gasteiger partial charge in [-0.1, -0.05) is 19.3 Å². The Labute approximate surface area is 172 Å². The number of hydrogen-bond acceptors (Lipinski definition) is 6. The molecule has 0 atom stereocenters. The number of hydrogen-bond donors (Lipinski definition) is 0. The molecule has 1 aliphatic heterocycles. The Hall–Kier alpha value is -2.57. The van der Waals surface area contributed by atoms with Crippen LogP contribution < -0.4 is 9.64 Å². The van der Waals surface area contributed by atoms with E-state index in [2.05, 4.69) is 4.90 Å². The van der Waals surface area contributed by atoms with Crippen molar-refractivity contribution in [3.8, 4) is 5.75 Å². The van der Waals surface area contributed by atoms with Crippen molar-refractivity contribution in [3.05, 3.63) is 24.0 Å². The van der Waals surface area contributed by atoms with Crippen LogP contribution in [-0.4, -0.2) is 60.9 Å². The second-order valence-electron chi connectivity index (χ2n) is 7.80. The maximum Gasteiger partial charge on any atom is 0.409 e. The molecule has 0 bridgehead atoms. The van der Waals surface area contributed by atoms with Crippen LogP contribution in [0.15, 0.2) is 18.2 Å². The van der Waals surface area contributed by atoms with E-state index in [1.54, 1.807) is 12.0 Å². The number of amides is 1. The molecule has 1 saturated carbocycles. The molecule has 4 rings (SSSR count). The molecule has 0 unspecified atom stereocenters. The quantitative estimate of drug-likeness (QED) is 0.776. The minimum Gasteiger partial charge on any atom is -0.497 e. The van der Waals surface area contributed by atoms with Gasteiger partial charge in [0.05, 0.1) is 19.2 Å². The Morgan fingerprint density at radius 3 is 2.55 bits per heavy atom. The van der Waals surface area contributed by atoms with E-state index in [0.717, 1.165) is 54.2 Å². The molecule has 1 aromatic carbocycles. The van der Waals surface area contributed by atoms with Crippen molar-refractivity contribution in [3.63, 3.8) is 0 Å². The van der Waals surface area contributed by atoms with E-state index in [1.165, 1.54) is 19.3 Å². The summed E-state index contributed by atoms with van der Waals surface area (Å²) >= 11 is 0. The minimum absolute atomic E-state index is 0.232. The number of rotatable bonds is 4. The molecule has 0 radical (unpaired) electrons. The van der Waals surface area contributed by atoms with Gasteiger partial charge in [-0.15, -0.1) is 0 Å². The average molecular weight is 399 g/mol. The van der Waals surface area contributed by atoms with Crippen LogP contribution in [0.5, 0.6) is 5.75 Å². The molecule has 0 N–H and O–H groups in total. The highest BCUT2D eigenvalue weighted by Gasteiger charge is 2.26. The largest absolute Gasteiger partial charge is 0.497 e. The van der Waals surface area contributed by atoms with Crippen LogP contribution in [0, 0.1) is 0 Å². The second kappa shape index (κ2) is 8.84. The minimum atomic E-state index is -0.232. The Kier molecular flexibility index (Phi) is 6.02. The highest BCUT2D eigenvalue weighted by atomic mass is 16.6. The van der Waals surface area contributed by atoms with Gasteiger partial charge in [0.25, 0.3) is 0 Å². The number of benzene rings is 1. The predicted octanol–water partition coefficient (Wildman–Crippen LogP) is 3.96. The Morgan fingerprint density at radius 2 is 1.86 bits per heavy atom. The van der Waals surface area contributed by atoms with E-state index in [9.17, 15) is 4.79 Å². The fourth-order valence-corrected chi connectivity index (χ4v) is 4.34. The van der Waals surface area contributed by atoms with E-state index in [0.29, 0.717) is 25.6 Å². The molecule has 7 heteroatoms. The summed E-state index contributed by atoms with van der Waals surface area (Å²) in [6.45, 7) is 4.96. The summed E-state index contributed by atoms with van der Waals surface area (Å²) in [6.07, 6.45) is 5.91. The molecule has 1 amide bonds. The zero-order valence-electron chi connectivity index (χ0n) is 17.4. The Morgan fingerprint density at radius 1 is 1.10 bits per heavy atom. The van der Waals surface area contributed by atoms with Crippen molar-refractivity contribution in [2.45, 2.75) is 44.9 Å². The van der Waals surface area contributed by atoms with Crippen LogP contribution in [0.1, 0.15) is 50.8 Å². The van der Waals surface area contributed by atoms with Crippen molar-refractivity contribution in [1.82, 2.24) is 14.9 Å². The predicted molar refractivity (Wildman–Crippen MR) is 113 cm³/mol. The summed E-state index contributed by atoms with van der Waals surface area (Å²) in [4.78, 5) is 26.1. The highest BCUT2D eigenvalue weighted by molar-refractivity contribution is 5.91. The molecule has 7 nitrogen and oxygen atoms in total. The third kappa shape index (κ3) is 4.23. The van der Waals surface area contributed by atoms with E-state index in [4.69, 9.17) is 19.4 Å². The lowest BCUT2D eigenvalue weighted by Crippen LogP contribution is -2.49. The fraction of sp³-hybridized carbons (Fsp3) is 0.591. The van der Waals surface area contributed by atoms with Gasteiger partial charge < -0.3 is 19.3 Å². The number of methoxy groups -OCH3 is 1. The number of carbonyl (C=O) groups excluding carboxylic acids is 1. The lowest BCUT2D eigenvalue weighted by Gasteiger charge is -2.35. The molecule has 2 fully saturated rings. The van der Waals surface area contributed by atoms with Gasteiger partial charge in [-0.25, -0.2) is 14.8 Å². The van der Waals surface area contributed by atoms with E-state index in [-0.39, 0.29) is 6.09 Å². The van der Waals surface area contributed by atoms with Crippen LogP contribution >= 0.6 is 0 Å². The third-order valence-corrected chi connectivity index (χ3v) is 5.98. The molecule has 1 aromatic heterocycles. The third-order valence-electron chi connectivity index (χ3n) is 5.98. The number of aromatic nitrogens is 2. The lowest BCUT2D eigenvalue weighted by atomic mass is 9.88. The maximum absolute atomic E-state index is 12.0. The number of nitrogens with zero attached hydrogens (tertiary/aromatic N) is 4. The number of carbonyl (C=O) groups is 1. The van der Waals surface area contributed by atoms with Gasteiger partial charge in [0.2, 0.25) is 0 Å². The first-order valence-electron chi connectivity index (χ1n) is 10.7. The summed E-state index contributed by atoms with van der Waals surface area (Å²) in [5.41, 5.74) is 0.962. The summed E-state index contributed by atoms with van der Waals surface area (Å²) in [5.74, 6) is 3.16. The van der Waals surface area contributed by atoms with E-state index >= 15 is 0 Å². The number of ether oxygens (including phenoxy) is 2. The van der Waals surface area contributed by atoms with Gasteiger partial charge in [-0.2, -0.15) is 0 Å². The number of anilines is 1. The molecular weight excluding hydrogens is 368 g/mol. The highest BCUT2D eigenvalue weighted by Crippen LogP contribution is 2.35. The maximum atomic E-state index is 12.0. The van der Waals surface area contributed by atoms with Crippen molar-refractivity contribution < 1.29 is 14.3 Å². The molecule has 0 spiro atoms. The zero-order chi connectivity index (χ0) is 20.2. The van der Waals surface area contributed by atoms with E-state index < -0.39 is 0 Å². The monoisotopic (exact) mass is 398 g/mol. The second-order valence-corrected chi connectivity index (χ2v) is 7.80. The van der Waals surface area contributed by atoms with Gasteiger partial charge >= 0.3 is 6.09 Å². The Balaban J connectivity index is 1.65. The molecule has 2 aromatic rings. The number of piperazine rings is 1. The first-order chi connectivity index (χ1) is 14.2. The van der Waals surface area contributed by atoms with Crippen LogP contribution in [-0.2, 0) is 4.74 Å². The van der Waals surface area contributed by atoms with Gasteiger partial charge in [0.15, 0.2) is 0 Å². The summed E-state index contributed by atoms with van der Waals surface area (Å²) in [7, 11) is 1.68. The molecule has 2 aliphatic rings. The Bertz CT molecular complexity index is 859. The molecular formula is C22H30N4O3. The molecule has 1 aliphatic carbocycles. The van der Waals surface area contributed by atoms with Crippen LogP contribution in [0.25, 0.3) is 10.9 Å². The zero-order valence-corrected chi connectivity index (χ0v) is 17.4. The van der Waals surface area contributed by atoms with Crippen molar-refractivity contribution >= 4 is 22.8 Å². The van der Waals surface area contributed by atoms with Gasteiger partial charge in [-0.05, 0) is 38.0 Å². The average Bonchev–Trinajstić information content (AvgIpc) is 2.79. The fourth-order valence-electron chi connectivity index (χ4n) is 4.34. The molecule has 1 saturated heterocycles. The van der Waals surface area contributed by atoms with Crippen LogP contribution in [0.4, 0.5) is 10.6 Å². The van der Waals surface area contributed by atoms with Crippen molar-refractivity contribution in [2.24, 2.45) is 0 Å². The van der Waals surface area contributed by atoms with Crippen LogP contribution in [0.2, 0.25) is 0 Å². The summed E-state index contributed by atoms with van der Waals surface area (Å²) in [5, 5.41) is 1.01. The molecule has 2 heterocycles. The standard InChI is InChI=1S/C22H30N4O3/c1-3-29-22(27)26-13-11-25(12-14-26)21-18-15-17(28-2)9-10-19(18)23-20(24-21)16-7-5-4-6-8-16/h9-10,15-16H,3-8,11-14H2,1-2H3. The van der Waals surface area contributed by atoms with E-state index in [1.807, 2.05) is 25.1 Å². The summed E-state index contributed by atoms with van der Waals surface area (Å²) < 4.78 is 10.6. The first kappa shape index (κ1) is 19.7. The first-order valence-corrected chi connectivity index (χ1v) is 10.7. The van der Waals surface area contributed by atoms with Gasteiger partial charge in [0, 0.05) is 37.5 Å². The topological polar surface area (TPSA) is 67.8 Å². The normalized spacial score (nSPS) is 18.1. The molecule has 156 valence electrons. The molecule has 29 heavy (non-hydrogen) atoms. The summed E-state index contributed by atoms with van der Waals surface area (Å²) in [6, 6.07) is 6.01. The van der Waals surface area contributed by atoms with Crippen LogP contribution in [0.3, 0.4) is 0 Å². The smallest absolute Gasteiger partial charge is 0.409 e. The number of fused-ring (bicyclic) bond motifs is 1.